The molecule has 2 unspecified atom stereocenters. The second-order valence-corrected chi connectivity index (χ2v) is 11.6. The lowest BCUT2D eigenvalue weighted by Crippen LogP contribution is -2.43. The zero-order valence-electron chi connectivity index (χ0n) is 23.4. The third-order valence-corrected chi connectivity index (χ3v) is 9.09. The van der Waals surface area contributed by atoms with Crippen molar-refractivity contribution in [1.29, 1.82) is 0 Å². The molecule has 0 radical (unpaired) electrons. The first-order valence-electron chi connectivity index (χ1n) is 14.2. The Morgan fingerprint density at radius 2 is 1.81 bits per heavy atom. The molecule has 10 nitrogen and oxygen atoms in total. The highest BCUT2D eigenvalue weighted by Gasteiger charge is 2.70. The molecule has 214 valence electrons. The van der Waals surface area contributed by atoms with Crippen LogP contribution >= 0.6 is 0 Å². The third-order valence-electron chi connectivity index (χ3n) is 9.09. The van der Waals surface area contributed by atoms with Crippen molar-refractivity contribution in [3.8, 4) is 0 Å². The summed E-state index contributed by atoms with van der Waals surface area (Å²) in [7, 11) is 1.76. The highest BCUT2D eigenvalue weighted by atomic mass is 16.5. The number of carbonyl (C=O) groups excluding carboxylic acids is 3. The van der Waals surface area contributed by atoms with E-state index in [1.165, 1.54) is 0 Å². The summed E-state index contributed by atoms with van der Waals surface area (Å²) in [5, 5.41) is 11.5. The molecule has 1 aromatic heterocycles. The van der Waals surface area contributed by atoms with E-state index in [0.29, 0.717) is 40.3 Å². The third kappa shape index (κ3) is 4.17. The molecule has 10 heteroatoms. The SMILES string of the molecule is CN[C@@H](C)C(=O)C1NC1[C@H]1C[C@]12CN(C(=O)c1ccc(N)cc1)c1ccccc1N(Cc1noc3ccccc13)C2=O. The normalized spacial score (nSPS) is 25.3. The Morgan fingerprint density at radius 1 is 1.10 bits per heavy atom. The van der Waals surface area contributed by atoms with Gasteiger partial charge in [0.15, 0.2) is 11.4 Å². The summed E-state index contributed by atoms with van der Waals surface area (Å²) < 4.78 is 5.57. The van der Waals surface area contributed by atoms with Gasteiger partial charge in [-0.25, -0.2) is 0 Å². The van der Waals surface area contributed by atoms with Crippen LogP contribution in [0.1, 0.15) is 29.4 Å². The van der Waals surface area contributed by atoms with Gasteiger partial charge >= 0.3 is 0 Å². The van der Waals surface area contributed by atoms with Gasteiger partial charge in [0.05, 0.1) is 35.4 Å². The largest absolute Gasteiger partial charge is 0.399 e. The first-order valence-corrected chi connectivity index (χ1v) is 14.2. The minimum atomic E-state index is -0.863. The van der Waals surface area contributed by atoms with Crippen molar-refractivity contribution in [3.05, 3.63) is 84.1 Å². The summed E-state index contributed by atoms with van der Waals surface area (Å²) >= 11 is 0. The summed E-state index contributed by atoms with van der Waals surface area (Å²) in [5.41, 5.74) is 8.63. The highest BCUT2D eigenvalue weighted by Crippen LogP contribution is 2.61. The van der Waals surface area contributed by atoms with Crippen LogP contribution < -0.4 is 26.2 Å². The van der Waals surface area contributed by atoms with Crippen LogP contribution in [0.3, 0.4) is 0 Å². The van der Waals surface area contributed by atoms with Crippen LogP contribution in [-0.4, -0.2) is 54.5 Å². The summed E-state index contributed by atoms with van der Waals surface area (Å²) in [6.45, 7) is 2.22. The van der Waals surface area contributed by atoms with E-state index in [2.05, 4.69) is 15.8 Å². The first-order chi connectivity index (χ1) is 20.3. The Hall–Kier alpha value is -4.54. The van der Waals surface area contributed by atoms with E-state index in [0.717, 1.165) is 5.39 Å². The molecule has 3 aliphatic rings. The Bertz CT molecular complexity index is 1720. The van der Waals surface area contributed by atoms with E-state index in [1.54, 1.807) is 41.1 Å². The molecule has 0 bridgehead atoms. The van der Waals surface area contributed by atoms with E-state index < -0.39 is 5.41 Å². The topological polar surface area (TPSA) is 144 Å². The molecule has 4 N–H and O–H groups in total. The Morgan fingerprint density at radius 3 is 2.57 bits per heavy atom. The van der Waals surface area contributed by atoms with Gasteiger partial charge in [-0.2, -0.15) is 0 Å². The van der Waals surface area contributed by atoms with E-state index in [4.69, 9.17) is 10.3 Å². The number of para-hydroxylation sites is 3. The lowest BCUT2D eigenvalue weighted by atomic mass is 9.96. The van der Waals surface area contributed by atoms with Gasteiger partial charge in [-0.15, -0.1) is 0 Å². The number of amides is 2. The molecule has 42 heavy (non-hydrogen) atoms. The van der Waals surface area contributed by atoms with Gasteiger partial charge in [0.1, 0.15) is 5.69 Å². The zero-order valence-corrected chi connectivity index (χ0v) is 23.4. The van der Waals surface area contributed by atoms with E-state index in [1.807, 2.05) is 55.5 Å². The number of hydrogen-bond acceptors (Lipinski definition) is 8. The van der Waals surface area contributed by atoms with Crippen LogP contribution in [-0.2, 0) is 16.1 Å². The minimum Gasteiger partial charge on any atom is -0.399 e. The molecule has 4 aromatic rings. The second kappa shape index (κ2) is 9.78. The number of Topliss-reactive ketones (excluding diaryl/α,β-unsaturated/α-hetero) is 1. The monoisotopic (exact) mass is 564 g/mol. The number of fused-ring (bicyclic) bond motifs is 2. The fourth-order valence-electron chi connectivity index (χ4n) is 6.46. The smallest absolute Gasteiger partial charge is 0.258 e. The number of hydrogen-bond donors (Lipinski definition) is 3. The number of likely N-dealkylation sites (N-methyl/N-ethyl adjacent to an activating group) is 1. The first kappa shape index (κ1) is 26.4. The Kier molecular flexibility index (Phi) is 6.14. The number of aromatic nitrogens is 1. The molecule has 2 amide bonds. The van der Waals surface area contributed by atoms with Gasteiger partial charge in [-0.3, -0.25) is 14.4 Å². The van der Waals surface area contributed by atoms with Gasteiger partial charge in [0.25, 0.3) is 5.91 Å². The number of rotatable bonds is 7. The molecule has 2 aliphatic heterocycles. The summed E-state index contributed by atoms with van der Waals surface area (Å²) in [6.07, 6.45) is 0.566. The Labute approximate surface area is 242 Å². The van der Waals surface area contributed by atoms with Gasteiger partial charge in [0, 0.05) is 29.2 Å². The fraction of sp³-hybridized carbons (Fsp3) is 0.312. The molecular weight excluding hydrogens is 532 g/mol. The average Bonchev–Trinajstić information content (AvgIpc) is 3.92. The van der Waals surface area contributed by atoms with Crippen molar-refractivity contribution in [1.82, 2.24) is 15.8 Å². The maximum Gasteiger partial charge on any atom is 0.258 e. The average molecular weight is 565 g/mol. The number of nitrogens with zero attached hydrogens (tertiary/aromatic N) is 3. The standard InChI is InChI=1S/C32H32N6O4/c1-18(34-2)29(39)28-27(35-28)22-15-32(22)17-38(30(40)19-11-13-20(33)14-12-19)25-9-5-4-8-24(25)37(31(32)41)16-23-21-7-3-6-10-26(21)42-36-23/h3-14,18,22,27-28,34-35H,15-17,33H2,1-2H3/t18-,22+,27?,28?,32-/m0/s1. The fourth-order valence-corrected chi connectivity index (χ4v) is 6.46. The van der Waals surface area contributed by atoms with Crippen LogP contribution in [0, 0.1) is 11.3 Å². The lowest BCUT2D eigenvalue weighted by Gasteiger charge is -2.25. The molecule has 2 fully saturated rings. The number of benzene rings is 3. The molecule has 1 spiro atoms. The zero-order chi connectivity index (χ0) is 29.2. The van der Waals surface area contributed by atoms with Crippen molar-refractivity contribution in [2.45, 2.75) is 38.0 Å². The molecule has 3 heterocycles. The second-order valence-electron chi connectivity index (χ2n) is 11.6. The van der Waals surface area contributed by atoms with Gasteiger partial charge in [-0.1, -0.05) is 29.4 Å². The summed E-state index contributed by atoms with van der Waals surface area (Å²) in [5.74, 6) is -0.319. The minimum absolute atomic E-state index is 0.0784. The van der Waals surface area contributed by atoms with E-state index >= 15 is 0 Å². The number of nitrogen functional groups attached to an aromatic ring is 1. The van der Waals surface area contributed by atoms with Crippen molar-refractivity contribution >= 4 is 45.6 Å². The van der Waals surface area contributed by atoms with Crippen LogP contribution in [0.5, 0.6) is 0 Å². The van der Waals surface area contributed by atoms with Gasteiger partial charge in [0.2, 0.25) is 5.91 Å². The van der Waals surface area contributed by atoms with Crippen molar-refractivity contribution in [3.63, 3.8) is 0 Å². The molecule has 3 aromatic carbocycles. The van der Waals surface area contributed by atoms with Crippen LogP contribution in [0.25, 0.3) is 11.0 Å². The molecule has 1 saturated heterocycles. The molecular formula is C32H32N6O4. The van der Waals surface area contributed by atoms with E-state index in [-0.39, 0.29) is 54.7 Å². The maximum absolute atomic E-state index is 14.7. The number of nitrogens with one attached hydrogen (secondary N) is 2. The quantitative estimate of drug-likeness (QED) is 0.229. The van der Waals surface area contributed by atoms with Crippen LogP contribution in [0.2, 0.25) is 0 Å². The maximum atomic E-state index is 14.7. The molecule has 1 saturated carbocycles. The summed E-state index contributed by atoms with van der Waals surface area (Å²) in [4.78, 5) is 45.2. The van der Waals surface area contributed by atoms with Gasteiger partial charge < -0.3 is 30.7 Å². The van der Waals surface area contributed by atoms with Crippen molar-refractivity contribution in [2.75, 3.05) is 29.1 Å². The van der Waals surface area contributed by atoms with Crippen LogP contribution in [0.15, 0.2) is 77.3 Å². The lowest BCUT2D eigenvalue weighted by molar-refractivity contribution is -0.124. The molecule has 1 aliphatic carbocycles. The predicted molar refractivity (Wildman–Crippen MR) is 159 cm³/mol. The van der Waals surface area contributed by atoms with Crippen molar-refractivity contribution in [2.24, 2.45) is 11.3 Å². The Balaban J connectivity index is 1.30. The van der Waals surface area contributed by atoms with Crippen LogP contribution in [0.4, 0.5) is 17.1 Å². The molecule has 7 rings (SSSR count). The molecule has 5 atom stereocenters. The van der Waals surface area contributed by atoms with Crippen molar-refractivity contribution < 1.29 is 18.9 Å². The summed E-state index contributed by atoms with van der Waals surface area (Å²) in [6, 6.07) is 21.1. The van der Waals surface area contributed by atoms with Gasteiger partial charge in [-0.05, 0) is 74.8 Å². The van der Waals surface area contributed by atoms with E-state index in [9.17, 15) is 14.4 Å². The number of ketones is 1. The number of nitrogens with two attached hydrogens (primary N) is 1. The number of anilines is 3. The predicted octanol–water partition coefficient (Wildman–Crippen LogP) is 3.13. The number of carbonyl (C=O) groups is 3. The highest BCUT2D eigenvalue weighted by molar-refractivity contribution is 6.13.